The van der Waals surface area contributed by atoms with Gasteiger partial charge in [0.05, 0.1) is 11.0 Å². The Bertz CT molecular complexity index is 949. The minimum absolute atomic E-state index is 0.0192. The van der Waals surface area contributed by atoms with Gasteiger partial charge in [0.25, 0.3) is 0 Å². The molecular weight excluding hydrogens is 308 g/mol. The summed E-state index contributed by atoms with van der Waals surface area (Å²) in [5.41, 5.74) is 3.67. The molecule has 0 amide bonds. The molecule has 1 aromatic heterocycles. The Kier molecular flexibility index (Phi) is 3.50. The zero-order valence-electron chi connectivity index (χ0n) is 12.9. The van der Waals surface area contributed by atoms with Crippen molar-refractivity contribution in [3.8, 4) is 0 Å². The molecule has 3 aromatic rings. The summed E-state index contributed by atoms with van der Waals surface area (Å²) in [5.74, 6) is -0.218. The summed E-state index contributed by atoms with van der Waals surface area (Å²) in [7, 11) is 0. The fourth-order valence-corrected chi connectivity index (χ4v) is 3.75. The Labute approximate surface area is 139 Å². The molecule has 0 spiro atoms. The van der Waals surface area contributed by atoms with Crippen molar-refractivity contribution >= 4 is 39.3 Å². The summed E-state index contributed by atoms with van der Waals surface area (Å²) in [6.45, 7) is 2.14. The second-order valence-electron chi connectivity index (χ2n) is 6.06. The minimum atomic E-state index is -0.238. The van der Waals surface area contributed by atoms with Crippen LogP contribution in [0, 0.1) is 0 Å². The lowest BCUT2D eigenvalue weighted by molar-refractivity contribution is -0.117. The highest BCUT2D eigenvalue weighted by Crippen LogP contribution is 2.46. The van der Waals surface area contributed by atoms with Gasteiger partial charge in [0.2, 0.25) is 0 Å². The van der Waals surface area contributed by atoms with Crippen molar-refractivity contribution in [3.05, 3.63) is 58.6 Å². The van der Waals surface area contributed by atoms with Crippen LogP contribution in [0.4, 0.5) is 0 Å². The average molecular weight is 325 g/mol. The number of unbranched alkanes of at least 4 members (excludes halogenated alkanes) is 1. The topological polar surface area (TPSA) is 30.2 Å². The molecule has 23 heavy (non-hydrogen) atoms. The van der Waals surface area contributed by atoms with Gasteiger partial charge in [-0.25, -0.2) is 0 Å². The summed E-state index contributed by atoms with van der Waals surface area (Å²) in [4.78, 5) is 12.4. The smallest absolute Gasteiger partial charge is 0.185 e. The number of para-hydroxylation sites is 2. The molecule has 4 rings (SSSR count). The van der Waals surface area contributed by atoms with Crippen LogP contribution in [0.25, 0.3) is 21.9 Å². The standard InChI is InChI=1S/C20H17ClO2/c1-2-3-7-14-17(19(22)18(14)21)15-10-6-9-13-12-8-4-5-11-16(12)23-20(13)15/h4-6,8-11,17H,2-3,7H2,1H3. The molecule has 0 radical (unpaired) electrons. The quantitative estimate of drug-likeness (QED) is 0.595. The maximum Gasteiger partial charge on any atom is 0.185 e. The molecule has 1 atom stereocenters. The molecule has 116 valence electrons. The summed E-state index contributed by atoms with van der Waals surface area (Å²) in [6.07, 6.45) is 3.01. The SMILES string of the molecule is CCCCC1=C(Cl)C(=O)C1c1cccc2c1oc1ccccc12. The van der Waals surface area contributed by atoms with Gasteiger partial charge in [-0.15, -0.1) is 0 Å². The van der Waals surface area contributed by atoms with Crippen LogP contribution >= 0.6 is 11.6 Å². The monoisotopic (exact) mass is 324 g/mol. The molecule has 0 bridgehead atoms. The average Bonchev–Trinajstić information content (AvgIpc) is 2.97. The van der Waals surface area contributed by atoms with E-state index < -0.39 is 0 Å². The van der Waals surface area contributed by atoms with Crippen molar-refractivity contribution < 1.29 is 9.21 Å². The van der Waals surface area contributed by atoms with E-state index in [1.165, 1.54) is 0 Å². The van der Waals surface area contributed by atoms with Crippen molar-refractivity contribution in [2.45, 2.75) is 32.1 Å². The zero-order valence-corrected chi connectivity index (χ0v) is 13.7. The highest BCUT2D eigenvalue weighted by Gasteiger charge is 2.40. The number of carbonyl (C=O) groups excluding carboxylic acids is 1. The normalized spacial score (nSPS) is 18.0. The van der Waals surface area contributed by atoms with Crippen LogP contribution < -0.4 is 0 Å². The number of hydrogen-bond donors (Lipinski definition) is 0. The van der Waals surface area contributed by atoms with Crippen molar-refractivity contribution in [1.82, 2.24) is 0 Å². The van der Waals surface area contributed by atoms with Crippen LogP contribution in [-0.4, -0.2) is 5.78 Å². The van der Waals surface area contributed by atoms with Gasteiger partial charge in [0.15, 0.2) is 5.78 Å². The van der Waals surface area contributed by atoms with Crippen LogP contribution in [0.1, 0.15) is 37.7 Å². The van der Waals surface area contributed by atoms with Gasteiger partial charge >= 0.3 is 0 Å². The third kappa shape index (κ3) is 2.13. The molecule has 3 heteroatoms. The summed E-state index contributed by atoms with van der Waals surface area (Å²) >= 11 is 6.18. The molecule has 0 aliphatic heterocycles. The van der Waals surface area contributed by atoms with E-state index in [4.69, 9.17) is 16.0 Å². The Morgan fingerprint density at radius 3 is 2.70 bits per heavy atom. The van der Waals surface area contributed by atoms with E-state index in [0.29, 0.717) is 5.03 Å². The van der Waals surface area contributed by atoms with Gasteiger partial charge in [-0.3, -0.25) is 4.79 Å². The van der Waals surface area contributed by atoms with Gasteiger partial charge in [-0.05, 0) is 24.5 Å². The maximum absolute atomic E-state index is 12.4. The lowest BCUT2D eigenvalue weighted by atomic mass is 9.75. The summed E-state index contributed by atoms with van der Waals surface area (Å²) < 4.78 is 6.06. The lowest BCUT2D eigenvalue weighted by Crippen LogP contribution is -2.27. The second kappa shape index (κ2) is 5.54. The number of furan rings is 1. The molecule has 0 saturated carbocycles. The van der Waals surface area contributed by atoms with E-state index in [1.54, 1.807) is 0 Å². The van der Waals surface area contributed by atoms with E-state index in [2.05, 4.69) is 6.92 Å². The number of Topliss-reactive ketones (excluding diaryl/α,β-unsaturated/α-hetero) is 1. The van der Waals surface area contributed by atoms with E-state index in [1.807, 2.05) is 42.5 Å². The number of fused-ring (bicyclic) bond motifs is 3. The first-order valence-corrected chi connectivity index (χ1v) is 8.43. The summed E-state index contributed by atoms with van der Waals surface area (Å²) in [5, 5.41) is 2.57. The molecule has 2 nitrogen and oxygen atoms in total. The van der Waals surface area contributed by atoms with Gasteiger partial charge in [0, 0.05) is 16.3 Å². The number of rotatable bonds is 4. The predicted molar refractivity (Wildman–Crippen MR) is 93.9 cm³/mol. The van der Waals surface area contributed by atoms with Gasteiger partial charge in [-0.1, -0.05) is 61.3 Å². The number of benzene rings is 2. The van der Waals surface area contributed by atoms with E-state index in [9.17, 15) is 4.79 Å². The zero-order chi connectivity index (χ0) is 16.0. The fraction of sp³-hybridized carbons (Fsp3) is 0.250. The lowest BCUT2D eigenvalue weighted by Gasteiger charge is -2.29. The number of carbonyl (C=O) groups is 1. The third-order valence-corrected chi connectivity index (χ3v) is 5.08. The van der Waals surface area contributed by atoms with Gasteiger partial charge < -0.3 is 4.42 Å². The predicted octanol–water partition coefficient (Wildman–Crippen LogP) is 5.94. The molecule has 1 unspecified atom stereocenters. The van der Waals surface area contributed by atoms with Crippen LogP contribution in [0.15, 0.2) is 57.5 Å². The molecule has 0 fully saturated rings. The van der Waals surface area contributed by atoms with E-state index in [0.717, 1.165) is 52.3 Å². The van der Waals surface area contributed by atoms with Gasteiger partial charge in [-0.2, -0.15) is 0 Å². The maximum atomic E-state index is 12.4. The van der Waals surface area contributed by atoms with Crippen LogP contribution in [0.2, 0.25) is 0 Å². The highest BCUT2D eigenvalue weighted by atomic mass is 35.5. The molecule has 1 aliphatic carbocycles. The largest absolute Gasteiger partial charge is 0.456 e. The van der Waals surface area contributed by atoms with Crippen molar-refractivity contribution in [3.63, 3.8) is 0 Å². The first-order chi connectivity index (χ1) is 11.2. The number of halogens is 1. The number of allylic oxidation sites excluding steroid dienone is 2. The molecular formula is C20H17ClO2. The van der Waals surface area contributed by atoms with Crippen LogP contribution in [-0.2, 0) is 4.79 Å². The van der Waals surface area contributed by atoms with E-state index >= 15 is 0 Å². The Morgan fingerprint density at radius 1 is 1.09 bits per heavy atom. The Hall–Kier alpha value is -2.06. The number of hydrogen-bond acceptors (Lipinski definition) is 2. The van der Waals surface area contributed by atoms with Gasteiger partial charge in [0.1, 0.15) is 11.2 Å². The van der Waals surface area contributed by atoms with Crippen molar-refractivity contribution in [2.75, 3.05) is 0 Å². The van der Waals surface area contributed by atoms with Crippen LogP contribution in [0.5, 0.6) is 0 Å². The van der Waals surface area contributed by atoms with E-state index in [-0.39, 0.29) is 11.7 Å². The fourth-order valence-electron chi connectivity index (χ4n) is 3.44. The molecule has 0 saturated heterocycles. The highest BCUT2D eigenvalue weighted by molar-refractivity contribution is 6.47. The van der Waals surface area contributed by atoms with Crippen molar-refractivity contribution in [1.29, 1.82) is 0 Å². The first kappa shape index (κ1) is 14.5. The summed E-state index contributed by atoms with van der Waals surface area (Å²) in [6, 6.07) is 14.0. The molecule has 1 aliphatic rings. The Balaban J connectivity index is 1.88. The number of ketones is 1. The third-order valence-electron chi connectivity index (χ3n) is 4.65. The molecule has 0 N–H and O–H groups in total. The van der Waals surface area contributed by atoms with Crippen molar-refractivity contribution in [2.24, 2.45) is 0 Å². The molecule has 1 heterocycles. The Morgan fingerprint density at radius 2 is 1.87 bits per heavy atom. The first-order valence-electron chi connectivity index (χ1n) is 8.05. The minimum Gasteiger partial charge on any atom is -0.456 e. The second-order valence-corrected chi connectivity index (χ2v) is 6.44. The molecule has 2 aromatic carbocycles. The van der Waals surface area contributed by atoms with Crippen LogP contribution in [0.3, 0.4) is 0 Å².